The van der Waals surface area contributed by atoms with Crippen LogP contribution in [-0.2, 0) is 13.0 Å². The molecule has 3 aromatic heterocycles. The van der Waals surface area contributed by atoms with E-state index in [1.165, 1.54) is 12.4 Å². The summed E-state index contributed by atoms with van der Waals surface area (Å²) in [6.07, 6.45) is 3.59. The van der Waals surface area contributed by atoms with Crippen molar-refractivity contribution < 1.29 is 9.13 Å². The predicted octanol–water partition coefficient (Wildman–Crippen LogP) is 6.45. The highest BCUT2D eigenvalue weighted by molar-refractivity contribution is 6.30. The lowest BCUT2D eigenvalue weighted by atomic mass is 10.1. The van der Waals surface area contributed by atoms with Crippen molar-refractivity contribution in [3.8, 4) is 17.3 Å². The van der Waals surface area contributed by atoms with Crippen LogP contribution in [0.5, 0.6) is 5.75 Å². The van der Waals surface area contributed by atoms with E-state index >= 15 is 0 Å². The molecule has 6 nitrogen and oxygen atoms in total. The molecule has 0 amide bonds. The molecule has 0 aliphatic carbocycles. The van der Waals surface area contributed by atoms with E-state index in [0.717, 1.165) is 16.8 Å². The SMILES string of the molecule is Cl.Fc1cc(Cl)ccc1COc1ccc(Cl)cc1Cc1cccc(-c2nc3ncncc3[nH]2)n1. The number of hydrogen-bond donors (Lipinski definition) is 1. The zero-order valence-electron chi connectivity index (χ0n) is 17.5. The van der Waals surface area contributed by atoms with Crippen molar-refractivity contribution in [3.05, 3.63) is 99.8 Å². The van der Waals surface area contributed by atoms with E-state index in [1.807, 2.05) is 24.3 Å². The summed E-state index contributed by atoms with van der Waals surface area (Å²) in [5.74, 6) is 0.788. The first-order valence-electron chi connectivity index (χ1n) is 10.0. The molecular weight excluding hydrogens is 500 g/mol. The summed E-state index contributed by atoms with van der Waals surface area (Å²) in [6, 6.07) is 15.5. The summed E-state index contributed by atoms with van der Waals surface area (Å²) in [6.45, 7) is 0.0606. The van der Waals surface area contributed by atoms with Gasteiger partial charge in [-0.2, -0.15) is 0 Å². The highest BCUT2D eigenvalue weighted by atomic mass is 35.5. The summed E-state index contributed by atoms with van der Waals surface area (Å²) < 4.78 is 20.1. The topological polar surface area (TPSA) is 76.6 Å². The second kappa shape index (κ2) is 10.3. The van der Waals surface area contributed by atoms with E-state index in [2.05, 4.69) is 19.9 Å². The number of rotatable bonds is 6. The van der Waals surface area contributed by atoms with Gasteiger partial charge in [-0.1, -0.05) is 35.3 Å². The lowest BCUT2D eigenvalue weighted by Gasteiger charge is -2.13. The molecule has 5 aromatic rings. The molecule has 0 fully saturated rings. The van der Waals surface area contributed by atoms with E-state index < -0.39 is 5.82 Å². The number of nitrogens with zero attached hydrogens (tertiary/aromatic N) is 4. The number of H-pyrrole nitrogens is 1. The molecule has 2 aromatic carbocycles. The number of pyridine rings is 1. The van der Waals surface area contributed by atoms with E-state index in [9.17, 15) is 4.39 Å². The lowest BCUT2D eigenvalue weighted by Crippen LogP contribution is -2.02. The average Bonchev–Trinajstić information content (AvgIpc) is 3.24. The van der Waals surface area contributed by atoms with Gasteiger partial charge in [0.15, 0.2) is 11.5 Å². The van der Waals surface area contributed by atoms with Gasteiger partial charge in [0.2, 0.25) is 0 Å². The molecule has 0 unspecified atom stereocenters. The number of fused-ring (bicyclic) bond motifs is 1. The van der Waals surface area contributed by atoms with Crippen LogP contribution in [0.15, 0.2) is 67.1 Å². The zero-order valence-corrected chi connectivity index (χ0v) is 19.8. The summed E-state index contributed by atoms with van der Waals surface area (Å²) >= 11 is 12.1. The standard InChI is InChI=1S/C24H16Cl2FN5O.ClH/c25-16-6-7-22(33-12-14-4-5-17(26)10-19(14)27)15(8-16)9-18-2-1-3-20(30-18)24-31-21-11-28-13-29-23(21)32-24;/h1-8,10-11,13H,9,12H2,(H,28,29,31,32);1H. The fourth-order valence-corrected chi connectivity index (χ4v) is 3.76. The van der Waals surface area contributed by atoms with E-state index in [0.29, 0.717) is 44.9 Å². The molecular formula is C24H17Cl3FN5O. The zero-order chi connectivity index (χ0) is 22.8. The molecule has 0 bridgehead atoms. The third-order valence-electron chi connectivity index (χ3n) is 5.00. The first-order chi connectivity index (χ1) is 16.0. The Hall–Kier alpha value is -3.26. The number of nitrogens with one attached hydrogen (secondary N) is 1. The van der Waals surface area contributed by atoms with Gasteiger partial charge in [0.25, 0.3) is 0 Å². The third kappa shape index (κ3) is 5.28. The maximum Gasteiger partial charge on any atom is 0.181 e. The minimum absolute atomic E-state index is 0. The first kappa shape index (κ1) is 23.9. The molecule has 10 heteroatoms. The van der Waals surface area contributed by atoms with Crippen LogP contribution in [0, 0.1) is 5.82 Å². The van der Waals surface area contributed by atoms with Gasteiger partial charge in [-0.3, -0.25) is 0 Å². The van der Waals surface area contributed by atoms with Crippen molar-refractivity contribution in [2.24, 2.45) is 0 Å². The van der Waals surface area contributed by atoms with Crippen LogP contribution in [0.1, 0.15) is 16.8 Å². The number of ether oxygens (including phenoxy) is 1. The summed E-state index contributed by atoms with van der Waals surface area (Å²) in [7, 11) is 0. The fourth-order valence-electron chi connectivity index (χ4n) is 3.41. The quantitative estimate of drug-likeness (QED) is 0.280. The number of benzene rings is 2. The smallest absolute Gasteiger partial charge is 0.181 e. The van der Waals surface area contributed by atoms with Crippen molar-refractivity contribution in [3.63, 3.8) is 0 Å². The van der Waals surface area contributed by atoms with Crippen molar-refractivity contribution in [2.45, 2.75) is 13.0 Å². The number of aromatic nitrogens is 5. The van der Waals surface area contributed by atoms with E-state index in [-0.39, 0.29) is 19.0 Å². The van der Waals surface area contributed by atoms with Crippen molar-refractivity contribution >= 4 is 46.8 Å². The first-order valence-corrected chi connectivity index (χ1v) is 10.8. The van der Waals surface area contributed by atoms with Gasteiger partial charge >= 0.3 is 0 Å². The molecule has 172 valence electrons. The van der Waals surface area contributed by atoms with E-state index in [4.69, 9.17) is 32.9 Å². The Morgan fingerprint density at radius 1 is 0.941 bits per heavy atom. The van der Waals surface area contributed by atoms with Gasteiger partial charge in [-0.15, -0.1) is 12.4 Å². The molecule has 0 saturated heterocycles. The predicted molar refractivity (Wildman–Crippen MR) is 132 cm³/mol. The molecule has 0 atom stereocenters. The molecule has 5 rings (SSSR count). The lowest BCUT2D eigenvalue weighted by molar-refractivity contribution is 0.297. The number of hydrogen-bond acceptors (Lipinski definition) is 5. The molecule has 0 aliphatic heterocycles. The van der Waals surface area contributed by atoms with Gasteiger partial charge < -0.3 is 9.72 Å². The number of imidazole rings is 1. The third-order valence-corrected chi connectivity index (χ3v) is 5.47. The van der Waals surface area contributed by atoms with Crippen LogP contribution in [0.3, 0.4) is 0 Å². The monoisotopic (exact) mass is 515 g/mol. The molecule has 0 aliphatic rings. The Bertz CT molecular complexity index is 1430. The number of aromatic amines is 1. The highest BCUT2D eigenvalue weighted by Crippen LogP contribution is 2.27. The van der Waals surface area contributed by atoms with Crippen LogP contribution in [-0.4, -0.2) is 24.9 Å². The maximum atomic E-state index is 14.1. The molecule has 34 heavy (non-hydrogen) atoms. The van der Waals surface area contributed by atoms with Gasteiger partial charge in [0.1, 0.15) is 35.7 Å². The van der Waals surface area contributed by atoms with Crippen LogP contribution in [0.4, 0.5) is 4.39 Å². The number of halogens is 4. The minimum Gasteiger partial charge on any atom is -0.489 e. The molecule has 0 radical (unpaired) electrons. The average molecular weight is 517 g/mol. The Kier molecular flexibility index (Phi) is 7.26. The second-order valence-corrected chi connectivity index (χ2v) is 8.19. The molecule has 0 saturated carbocycles. The van der Waals surface area contributed by atoms with Gasteiger partial charge in [0, 0.05) is 33.3 Å². The Labute approximate surface area is 210 Å². The largest absolute Gasteiger partial charge is 0.489 e. The van der Waals surface area contributed by atoms with Crippen molar-refractivity contribution in [2.75, 3.05) is 0 Å². The van der Waals surface area contributed by atoms with Crippen LogP contribution >= 0.6 is 35.6 Å². The van der Waals surface area contributed by atoms with Gasteiger partial charge in [-0.25, -0.2) is 24.3 Å². The van der Waals surface area contributed by atoms with Gasteiger partial charge in [-0.05, 0) is 42.5 Å². The molecule has 0 spiro atoms. The Balaban J connectivity index is 0.00000274. The molecule has 3 heterocycles. The summed E-state index contributed by atoms with van der Waals surface area (Å²) in [5, 5.41) is 0.910. The fraction of sp³-hybridized carbons (Fsp3) is 0.0833. The van der Waals surface area contributed by atoms with Crippen LogP contribution < -0.4 is 4.74 Å². The van der Waals surface area contributed by atoms with E-state index in [1.54, 1.807) is 30.5 Å². The minimum atomic E-state index is -0.414. The Morgan fingerprint density at radius 3 is 2.59 bits per heavy atom. The normalized spacial score (nSPS) is 10.8. The van der Waals surface area contributed by atoms with Crippen LogP contribution in [0.25, 0.3) is 22.7 Å². The highest BCUT2D eigenvalue weighted by Gasteiger charge is 2.12. The Morgan fingerprint density at radius 2 is 1.76 bits per heavy atom. The maximum absolute atomic E-state index is 14.1. The van der Waals surface area contributed by atoms with Crippen LogP contribution in [0.2, 0.25) is 10.0 Å². The second-order valence-electron chi connectivity index (χ2n) is 7.31. The molecule has 1 N–H and O–H groups in total. The van der Waals surface area contributed by atoms with Crippen molar-refractivity contribution in [1.82, 2.24) is 24.9 Å². The summed E-state index contributed by atoms with van der Waals surface area (Å²) in [5.41, 5.74) is 4.03. The van der Waals surface area contributed by atoms with Crippen molar-refractivity contribution in [1.29, 1.82) is 0 Å². The van der Waals surface area contributed by atoms with Gasteiger partial charge in [0.05, 0.1) is 6.20 Å². The summed E-state index contributed by atoms with van der Waals surface area (Å²) in [4.78, 5) is 20.5.